The third-order valence-corrected chi connectivity index (χ3v) is 1.72. The van der Waals surface area contributed by atoms with Gasteiger partial charge in [0.25, 0.3) is 0 Å². The minimum Gasteiger partial charge on any atom is -0.502 e. The molecule has 13 heavy (non-hydrogen) atoms. The number of nitro groups is 1. The first-order chi connectivity index (χ1) is 6.06. The largest absolute Gasteiger partial charge is 0.502 e. The summed E-state index contributed by atoms with van der Waals surface area (Å²) in [4.78, 5) is 9.58. The Morgan fingerprint density at radius 1 is 1.62 bits per heavy atom. The van der Waals surface area contributed by atoms with Crippen molar-refractivity contribution < 1.29 is 14.4 Å². The lowest BCUT2D eigenvalue weighted by atomic mass is 10.1. The molecule has 0 aliphatic carbocycles. The lowest BCUT2D eigenvalue weighted by Crippen LogP contribution is -1.93. The molecule has 0 saturated heterocycles. The molecule has 0 amide bonds. The quantitative estimate of drug-likeness (QED) is 0.566. The van der Waals surface area contributed by atoms with Crippen molar-refractivity contribution in [1.29, 1.82) is 0 Å². The third kappa shape index (κ3) is 1.74. The molecule has 70 valence electrons. The fraction of sp³-hybridized carbons (Fsp3) is 0.250. The average molecular weight is 185 g/mol. The number of aromatic hydroxyl groups is 1. The van der Waals surface area contributed by atoms with Crippen LogP contribution in [0.15, 0.2) is 12.1 Å². The Kier molecular flexibility index (Phi) is 2.46. The van der Waals surface area contributed by atoms with Crippen LogP contribution in [0.3, 0.4) is 0 Å². The Bertz CT molecular complexity index is 351. The Morgan fingerprint density at radius 3 is 2.69 bits per heavy atom. The van der Waals surface area contributed by atoms with Gasteiger partial charge in [0.15, 0.2) is 5.75 Å². The van der Waals surface area contributed by atoms with Gasteiger partial charge in [0.1, 0.15) is 5.82 Å². The Labute approximate surface area is 73.8 Å². The molecule has 0 unspecified atom stereocenters. The van der Waals surface area contributed by atoms with Crippen LogP contribution in [0, 0.1) is 15.9 Å². The highest BCUT2D eigenvalue weighted by molar-refractivity contribution is 5.48. The first-order valence-electron chi connectivity index (χ1n) is 3.72. The molecule has 1 aromatic rings. The van der Waals surface area contributed by atoms with E-state index in [4.69, 9.17) is 5.11 Å². The van der Waals surface area contributed by atoms with Gasteiger partial charge in [-0.25, -0.2) is 4.39 Å². The van der Waals surface area contributed by atoms with Crippen molar-refractivity contribution in [1.82, 2.24) is 0 Å². The van der Waals surface area contributed by atoms with Crippen LogP contribution in [0.2, 0.25) is 0 Å². The monoisotopic (exact) mass is 185 g/mol. The number of hydrogen-bond donors (Lipinski definition) is 1. The standard InChI is InChI=1S/C8H8FNO3/c1-2-5-3-7(10(12)13)8(11)4-6(5)9/h3-4,11H,2H2,1H3. The van der Waals surface area contributed by atoms with Crippen molar-refractivity contribution in [2.75, 3.05) is 0 Å². The Hall–Kier alpha value is -1.65. The molecule has 0 radical (unpaired) electrons. The highest BCUT2D eigenvalue weighted by Gasteiger charge is 2.16. The van der Waals surface area contributed by atoms with Crippen LogP contribution in [0.25, 0.3) is 0 Å². The normalized spacial score (nSPS) is 10.0. The molecule has 0 atom stereocenters. The number of rotatable bonds is 2. The fourth-order valence-electron chi connectivity index (χ4n) is 1.01. The molecule has 0 aliphatic rings. The number of phenolic OH excluding ortho intramolecular Hbond substituents is 1. The van der Waals surface area contributed by atoms with E-state index in [0.29, 0.717) is 6.42 Å². The van der Waals surface area contributed by atoms with E-state index >= 15 is 0 Å². The highest BCUT2D eigenvalue weighted by Crippen LogP contribution is 2.28. The molecule has 0 fully saturated rings. The molecule has 0 heterocycles. The molecule has 0 saturated carbocycles. The molecule has 1 aromatic carbocycles. The zero-order valence-corrected chi connectivity index (χ0v) is 6.95. The van der Waals surface area contributed by atoms with Crippen molar-refractivity contribution in [3.8, 4) is 5.75 Å². The van der Waals surface area contributed by atoms with Crippen LogP contribution in [0.5, 0.6) is 5.75 Å². The van der Waals surface area contributed by atoms with Crippen LogP contribution in [0.1, 0.15) is 12.5 Å². The van der Waals surface area contributed by atoms with Gasteiger partial charge in [0, 0.05) is 12.1 Å². The second-order valence-electron chi connectivity index (χ2n) is 2.54. The van der Waals surface area contributed by atoms with Gasteiger partial charge < -0.3 is 5.11 Å². The van der Waals surface area contributed by atoms with Crippen molar-refractivity contribution >= 4 is 5.69 Å². The number of hydrogen-bond acceptors (Lipinski definition) is 3. The predicted octanol–water partition coefficient (Wildman–Crippen LogP) is 2.00. The minimum atomic E-state index is -0.742. The van der Waals surface area contributed by atoms with Gasteiger partial charge >= 0.3 is 5.69 Å². The molecule has 1 N–H and O–H groups in total. The SMILES string of the molecule is CCc1cc([N+](=O)[O-])c(O)cc1F. The van der Waals surface area contributed by atoms with Gasteiger partial charge in [-0.3, -0.25) is 10.1 Å². The molecular weight excluding hydrogens is 177 g/mol. The van der Waals surface area contributed by atoms with Gasteiger partial charge in [-0.05, 0) is 12.0 Å². The zero-order chi connectivity index (χ0) is 10.0. The zero-order valence-electron chi connectivity index (χ0n) is 6.95. The van der Waals surface area contributed by atoms with E-state index in [1.54, 1.807) is 6.92 Å². The second kappa shape index (κ2) is 3.38. The number of nitro benzene ring substituents is 1. The van der Waals surface area contributed by atoms with Gasteiger partial charge in [-0.15, -0.1) is 0 Å². The van der Waals surface area contributed by atoms with Gasteiger partial charge in [0.05, 0.1) is 4.92 Å². The van der Waals surface area contributed by atoms with E-state index < -0.39 is 22.2 Å². The summed E-state index contributed by atoms with van der Waals surface area (Å²) in [7, 11) is 0. The van der Waals surface area contributed by atoms with Crippen molar-refractivity contribution in [3.63, 3.8) is 0 Å². The van der Waals surface area contributed by atoms with E-state index in [2.05, 4.69) is 0 Å². The number of nitrogens with zero attached hydrogens (tertiary/aromatic N) is 1. The van der Waals surface area contributed by atoms with Crippen molar-refractivity contribution in [2.45, 2.75) is 13.3 Å². The fourth-order valence-corrected chi connectivity index (χ4v) is 1.01. The first-order valence-corrected chi connectivity index (χ1v) is 3.72. The molecule has 0 aliphatic heterocycles. The molecule has 0 spiro atoms. The number of phenols is 1. The Morgan fingerprint density at radius 2 is 2.23 bits per heavy atom. The highest BCUT2D eigenvalue weighted by atomic mass is 19.1. The molecule has 1 rings (SSSR count). The van der Waals surface area contributed by atoms with Crippen LogP contribution in [-0.4, -0.2) is 10.0 Å². The van der Waals surface area contributed by atoms with E-state index in [0.717, 1.165) is 12.1 Å². The molecular formula is C8H8FNO3. The summed E-state index contributed by atoms with van der Waals surface area (Å²) in [6, 6.07) is 1.81. The molecule has 5 heteroatoms. The maximum Gasteiger partial charge on any atom is 0.311 e. The summed E-state index contributed by atoms with van der Waals surface area (Å²) < 4.78 is 12.9. The van der Waals surface area contributed by atoms with E-state index in [-0.39, 0.29) is 5.56 Å². The number of benzene rings is 1. The summed E-state index contributed by atoms with van der Waals surface area (Å²) in [6.07, 6.45) is 0.354. The topological polar surface area (TPSA) is 63.4 Å². The van der Waals surface area contributed by atoms with Crippen molar-refractivity contribution in [2.24, 2.45) is 0 Å². The number of halogens is 1. The molecule has 0 bridgehead atoms. The van der Waals surface area contributed by atoms with E-state index in [1.807, 2.05) is 0 Å². The Balaban J connectivity index is 3.30. The van der Waals surface area contributed by atoms with Crippen LogP contribution < -0.4 is 0 Å². The third-order valence-electron chi connectivity index (χ3n) is 1.72. The molecule has 0 aromatic heterocycles. The second-order valence-corrected chi connectivity index (χ2v) is 2.54. The van der Waals surface area contributed by atoms with Crippen LogP contribution in [-0.2, 0) is 6.42 Å². The van der Waals surface area contributed by atoms with Crippen LogP contribution >= 0.6 is 0 Å². The summed E-state index contributed by atoms with van der Waals surface area (Å²) in [5.41, 5.74) is -0.234. The smallest absolute Gasteiger partial charge is 0.311 e. The summed E-state index contributed by atoms with van der Waals surface area (Å²) in [6.45, 7) is 1.68. The van der Waals surface area contributed by atoms with E-state index in [1.165, 1.54) is 0 Å². The average Bonchev–Trinajstić information content (AvgIpc) is 2.03. The van der Waals surface area contributed by atoms with E-state index in [9.17, 15) is 14.5 Å². The predicted molar refractivity (Wildman–Crippen MR) is 44.1 cm³/mol. The minimum absolute atomic E-state index is 0.226. The molecule has 4 nitrogen and oxygen atoms in total. The van der Waals surface area contributed by atoms with Crippen LogP contribution in [0.4, 0.5) is 10.1 Å². The van der Waals surface area contributed by atoms with Gasteiger partial charge in [-0.1, -0.05) is 6.92 Å². The first kappa shape index (κ1) is 9.44. The summed E-state index contributed by atoms with van der Waals surface area (Å²) in [5, 5.41) is 19.3. The maximum atomic E-state index is 12.9. The van der Waals surface area contributed by atoms with Gasteiger partial charge in [-0.2, -0.15) is 0 Å². The maximum absolute atomic E-state index is 12.9. The lowest BCUT2D eigenvalue weighted by Gasteiger charge is -2.00. The lowest BCUT2D eigenvalue weighted by molar-refractivity contribution is -0.386. The number of aryl methyl sites for hydroxylation is 1. The summed E-state index contributed by atoms with van der Waals surface area (Å²) in [5.74, 6) is -1.26. The summed E-state index contributed by atoms with van der Waals surface area (Å²) >= 11 is 0. The van der Waals surface area contributed by atoms with Crippen molar-refractivity contribution in [3.05, 3.63) is 33.6 Å². The van der Waals surface area contributed by atoms with Gasteiger partial charge in [0.2, 0.25) is 0 Å².